The summed E-state index contributed by atoms with van der Waals surface area (Å²) in [5.74, 6) is -0.854. The van der Waals surface area contributed by atoms with Gasteiger partial charge in [0.25, 0.3) is 15.9 Å². The van der Waals surface area contributed by atoms with Crippen LogP contribution >= 0.6 is 0 Å². The maximum absolute atomic E-state index is 13.8. The number of halogens is 1. The molecular formula is C23H29FN4O4S. The van der Waals surface area contributed by atoms with Gasteiger partial charge in [0.1, 0.15) is 5.82 Å². The Kier molecular flexibility index (Phi) is 8.04. The number of aryl methyl sites for hydroxylation is 1. The van der Waals surface area contributed by atoms with E-state index in [1.165, 1.54) is 24.3 Å². The molecule has 0 radical (unpaired) electrons. The molecule has 1 fully saturated rings. The number of nitrogens with zero attached hydrogens (tertiary/aromatic N) is 2. The summed E-state index contributed by atoms with van der Waals surface area (Å²) in [4.78, 5) is 28.4. The molecule has 0 spiro atoms. The molecule has 0 aromatic heterocycles. The third-order valence-electron chi connectivity index (χ3n) is 5.43. The van der Waals surface area contributed by atoms with Gasteiger partial charge in [0, 0.05) is 44.0 Å². The summed E-state index contributed by atoms with van der Waals surface area (Å²) in [5.41, 5.74) is 0.917. The van der Waals surface area contributed by atoms with Crippen molar-refractivity contribution in [2.24, 2.45) is 0 Å². The number of amides is 2. The van der Waals surface area contributed by atoms with Gasteiger partial charge in [-0.2, -0.15) is 0 Å². The largest absolute Gasteiger partial charge is 0.355 e. The van der Waals surface area contributed by atoms with Gasteiger partial charge in [0.2, 0.25) is 5.91 Å². The minimum atomic E-state index is -4.01. The number of hydrogen-bond donors (Lipinski definition) is 2. The van der Waals surface area contributed by atoms with Gasteiger partial charge in [0.05, 0.1) is 11.4 Å². The molecule has 2 N–H and O–H groups in total. The van der Waals surface area contributed by atoms with E-state index in [1.807, 2.05) is 11.8 Å². The third-order valence-corrected chi connectivity index (χ3v) is 6.81. The number of carbonyl (C=O) groups excluding carboxylic acids is 2. The number of rotatable bonds is 7. The van der Waals surface area contributed by atoms with Gasteiger partial charge in [0.15, 0.2) is 0 Å². The van der Waals surface area contributed by atoms with Gasteiger partial charge in [-0.25, -0.2) is 12.8 Å². The Morgan fingerprint density at radius 3 is 2.58 bits per heavy atom. The lowest BCUT2D eigenvalue weighted by Crippen LogP contribution is -2.40. The van der Waals surface area contributed by atoms with E-state index in [1.54, 1.807) is 24.0 Å². The minimum Gasteiger partial charge on any atom is -0.355 e. The van der Waals surface area contributed by atoms with Gasteiger partial charge in [-0.15, -0.1) is 0 Å². The first-order valence-electron chi connectivity index (χ1n) is 10.9. The molecule has 2 aromatic rings. The Labute approximate surface area is 193 Å². The van der Waals surface area contributed by atoms with Crippen LogP contribution in [0.3, 0.4) is 0 Å². The second-order valence-electron chi connectivity index (χ2n) is 7.97. The Morgan fingerprint density at radius 2 is 1.85 bits per heavy atom. The monoisotopic (exact) mass is 476 g/mol. The van der Waals surface area contributed by atoms with Crippen LogP contribution in [0.25, 0.3) is 0 Å². The molecular weight excluding hydrogens is 447 g/mol. The van der Waals surface area contributed by atoms with Crippen molar-refractivity contribution in [3.8, 4) is 0 Å². The molecule has 0 atom stereocenters. The Bertz CT molecular complexity index is 1120. The number of nitrogens with one attached hydrogen (secondary N) is 2. The molecule has 1 aliphatic heterocycles. The topological polar surface area (TPSA) is 98.8 Å². The molecule has 0 saturated carbocycles. The highest BCUT2D eigenvalue weighted by molar-refractivity contribution is 7.92. The lowest BCUT2D eigenvalue weighted by atomic mass is 10.1. The van der Waals surface area contributed by atoms with E-state index in [9.17, 15) is 22.4 Å². The van der Waals surface area contributed by atoms with Crippen LogP contribution in [0.15, 0.2) is 47.4 Å². The summed E-state index contributed by atoms with van der Waals surface area (Å²) in [5, 5.41) is 2.78. The number of carbonyl (C=O) groups is 2. The molecule has 2 aromatic carbocycles. The van der Waals surface area contributed by atoms with Crippen molar-refractivity contribution in [3.63, 3.8) is 0 Å². The molecule has 0 bridgehead atoms. The zero-order chi connectivity index (χ0) is 24.0. The van der Waals surface area contributed by atoms with Crippen molar-refractivity contribution in [3.05, 3.63) is 59.4 Å². The molecule has 0 unspecified atom stereocenters. The van der Waals surface area contributed by atoms with E-state index in [0.29, 0.717) is 50.4 Å². The van der Waals surface area contributed by atoms with Gasteiger partial charge in [-0.1, -0.05) is 12.1 Å². The highest BCUT2D eigenvalue weighted by Gasteiger charge is 2.22. The van der Waals surface area contributed by atoms with Crippen LogP contribution in [0, 0.1) is 12.7 Å². The molecule has 1 aliphatic rings. The fourth-order valence-corrected chi connectivity index (χ4v) is 4.70. The molecule has 1 heterocycles. The summed E-state index contributed by atoms with van der Waals surface area (Å²) >= 11 is 0. The van der Waals surface area contributed by atoms with Crippen molar-refractivity contribution in [1.29, 1.82) is 0 Å². The van der Waals surface area contributed by atoms with E-state index in [4.69, 9.17) is 0 Å². The van der Waals surface area contributed by atoms with Crippen molar-refractivity contribution in [2.45, 2.75) is 25.2 Å². The van der Waals surface area contributed by atoms with E-state index in [-0.39, 0.29) is 22.4 Å². The molecule has 178 valence electrons. The smallest absolute Gasteiger partial charge is 0.261 e. The number of sulfonamides is 1. The molecule has 0 aliphatic carbocycles. The summed E-state index contributed by atoms with van der Waals surface area (Å²) in [6, 6.07) is 9.94. The van der Waals surface area contributed by atoms with Crippen LogP contribution in [-0.4, -0.2) is 69.3 Å². The quantitative estimate of drug-likeness (QED) is 0.639. The van der Waals surface area contributed by atoms with Gasteiger partial charge >= 0.3 is 0 Å². The predicted molar refractivity (Wildman–Crippen MR) is 124 cm³/mol. The lowest BCUT2D eigenvalue weighted by molar-refractivity contribution is -0.122. The van der Waals surface area contributed by atoms with Crippen LogP contribution in [-0.2, 0) is 14.8 Å². The number of benzene rings is 2. The van der Waals surface area contributed by atoms with Crippen LogP contribution in [0.1, 0.15) is 29.3 Å². The highest BCUT2D eigenvalue weighted by atomic mass is 32.2. The second kappa shape index (κ2) is 10.8. The van der Waals surface area contributed by atoms with Crippen molar-refractivity contribution in [2.75, 3.05) is 44.0 Å². The molecule has 1 saturated heterocycles. The maximum Gasteiger partial charge on any atom is 0.261 e. The first-order valence-corrected chi connectivity index (χ1v) is 12.4. The zero-order valence-electron chi connectivity index (χ0n) is 18.8. The average Bonchev–Trinajstić information content (AvgIpc) is 3.00. The van der Waals surface area contributed by atoms with Crippen molar-refractivity contribution in [1.82, 2.24) is 15.1 Å². The SMILES string of the molecule is CCNC(=O)CN1CCCN(C(=O)c2cccc(NS(=O)(=O)c3ccc(C)c(F)c3)c2)CC1. The Balaban J connectivity index is 1.68. The summed E-state index contributed by atoms with van der Waals surface area (Å²) in [6.07, 6.45) is 0.733. The summed E-state index contributed by atoms with van der Waals surface area (Å²) in [6.45, 7) is 6.61. The van der Waals surface area contributed by atoms with Gasteiger partial charge in [-0.05, 0) is 56.2 Å². The first-order chi connectivity index (χ1) is 15.7. The van der Waals surface area contributed by atoms with Gasteiger partial charge < -0.3 is 10.2 Å². The minimum absolute atomic E-state index is 0.0364. The number of hydrogen-bond acceptors (Lipinski definition) is 5. The Morgan fingerprint density at radius 1 is 1.06 bits per heavy atom. The van der Waals surface area contributed by atoms with Crippen molar-refractivity contribution >= 4 is 27.5 Å². The second-order valence-corrected chi connectivity index (χ2v) is 9.66. The molecule has 33 heavy (non-hydrogen) atoms. The molecule has 3 rings (SSSR count). The number of likely N-dealkylation sites (N-methyl/N-ethyl adjacent to an activating group) is 1. The average molecular weight is 477 g/mol. The van der Waals surface area contributed by atoms with E-state index < -0.39 is 15.8 Å². The summed E-state index contributed by atoms with van der Waals surface area (Å²) in [7, 11) is -4.01. The van der Waals surface area contributed by atoms with Crippen LogP contribution in [0.5, 0.6) is 0 Å². The fourth-order valence-electron chi connectivity index (χ4n) is 3.64. The van der Waals surface area contributed by atoms with Crippen LogP contribution < -0.4 is 10.0 Å². The zero-order valence-corrected chi connectivity index (χ0v) is 19.6. The van der Waals surface area contributed by atoms with Crippen LogP contribution in [0.4, 0.5) is 10.1 Å². The summed E-state index contributed by atoms with van der Waals surface area (Å²) < 4.78 is 41.5. The highest BCUT2D eigenvalue weighted by Crippen LogP contribution is 2.20. The maximum atomic E-state index is 13.8. The Hall–Kier alpha value is -2.98. The molecule has 8 nitrogen and oxygen atoms in total. The standard InChI is InChI=1S/C23H29FN4O4S/c1-3-25-22(29)16-27-10-5-11-28(13-12-27)23(30)18-6-4-7-19(14-18)26-33(31,32)20-9-8-17(2)21(24)15-20/h4,6-9,14-15,26H,3,5,10-13,16H2,1-2H3,(H,25,29). The van der Waals surface area contributed by atoms with E-state index in [2.05, 4.69) is 10.0 Å². The van der Waals surface area contributed by atoms with Crippen LogP contribution in [0.2, 0.25) is 0 Å². The fraction of sp³-hybridized carbons (Fsp3) is 0.391. The normalized spacial score (nSPS) is 15.1. The molecule has 10 heteroatoms. The van der Waals surface area contributed by atoms with Crippen molar-refractivity contribution < 1.29 is 22.4 Å². The van der Waals surface area contributed by atoms with E-state index >= 15 is 0 Å². The number of anilines is 1. The van der Waals surface area contributed by atoms with Gasteiger partial charge in [-0.3, -0.25) is 19.2 Å². The molecule has 2 amide bonds. The predicted octanol–water partition coefficient (Wildman–Crippen LogP) is 2.22. The third kappa shape index (κ3) is 6.52. The first kappa shape index (κ1) is 24.7. The lowest BCUT2D eigenvalue weighted by Gasteiger charge is -2.22. The van der Waals surface area contributed by atoms with E-state index in [0.717, 1.165) is 12.5 Å².